The maximum absolute atomic E-state index is 12.5. The van der Waals surface area contributed by atoms with E-state index in [0.717, 1.165) is 0 Å². The van der Waals surface area contributed by atoms with Crippen molar-refractivity contribution in [3.05, 3.63) is 0 Å². The van der Waals surface area contributed by atoms with Gasteiger partial charge in [0.2, 0.25) is 11.8 Å². The Balaban J connectivity index is 4.99. The average Bonchev–Trinajstić information content (AvgIpc) is 2.48. The van der Waals surface area contributed by atoms with Gasteiger partial charge < -0.3 is 25.8 Å². The molecule has 3 atom stereocenters. The fourth-order valence-corrected chi connectivity index (χ4v) is 2.32. The second kappa shape index (κ2) is 10.9. The lowest BCUT2D eigenvalue weighted by molar-refractivity contribution is -0.143. The molecule has 0 unspecified atom stereocenters. The van der Waals surface area contributed by atoms with Crippen LogP contribution >= 0.6 is 0 Å². The molecule has 0 heterocycles. The van der Waals surface area contributed by atoms with Crippen LogP contribution in [0.3, 0.4) is 0 Å². The van der Waals surface area contributed by atoms with Crippen molar-refractivity contribution in [3.63, 3.8) is 0 Å². The summed E-state index contributed by atoms with van der Waals surface area (Å²) >= 11 is 0. The number of hydrogen-bond acceptors (Lipinski definition) is 5. The average molecular weight is 402 g/mol. The molecule has 162 valence electrons. The summed E-state index contributed by atoms with van der Waals surface area (Å²) in [5.74, 6) is -2.50. The zero-order valence-corrected chi connectivity index (χ0v) is 18.1. The standard InChI is InChI=1S/C19H35N3O6/c1-10(2)9-13(17(25)26)21-16(24)14(11(3)4)22-15(23)12(5)20-18(27)28-19(6,7)8/h10-14H,9H2,1-8H3,(H,20,27)(H,21,24)(H,22,23)(H,25,26)/t12-,13-,14-/m0/s1. The van der Waals surface area contributed by atoms with Gasteiger partial charge in [0.1, 0.15) is 23.7 Å². The Morgan fingerprint density at radius 1 is 0.893 bits per heavy atom. The number of amides is 3. The number of alkyl carbamates (subject to hydrolysis) is 1. The molecular formula is C19H35N3O6. The topological polar surface area (TPSA) is 134 Å². The molecule has 0 radical (unpaired) electrons. The van der Waals surface area contributed by atoms with Crippen LogP contribution in [0.4, 0.5) is 4.79 Å². The molecule has 0 aliphatic heterocycles. The molecule has 28 heavy (non-hydrogen) atoms. The van der Waals surface area contributed by atoms with Gasteiger partial charge in [0, 0.05) is 0 Å². The highest BCUT2D eigenvalue weighted by Gasteiger charge is 2.30. The van der Waals surface area contributed by atoms with Crippen molar-refractivity contribution in [2.75, 3.05) is 0 Å². The molecule has 4 N–H and O–H groups in total. The van der Waals surface area contributed by atoms with Gasteiger partial charge in [-0.15, -0.1) is 0 Å². The molecule has 0 saturated carbocycles. The van der Waals surface area contributed by atoms with E-state index >= 15 is 0 Å². The SMILES string of the molecule is CC(C)C[C@H](NC(=O)[C@@H](NC(=O)[C@H](C)NC(=O)OC(C)(C)C)C(C)C)C(=O)O. The minimum absolute atomic E-state index is 0.0755. The summed E-state index contributed by atoms with van der Waals surface area (Å²) in [6, 6.07) is -2.91. The fraction of sp³-hybridized carbons (Fsp3) is 0.789. The van der Waals surface area contributed by atoms with Gasteiger partial charge in [-0.1, -0.05) is 27.7 Å². The van der Waals surface area contributed by atoms with Crippen molar-refractivity contribution in [2.24, 2.45) is 11.8 Å². The lowest BCUT2D eigenvalue weighted by atomic mass is 10.00. The molecule has 9 nitrogen and oxygen atoms in total. The first-order valence-corrected chi connectivity index (χ1v) is 9.47. The highest BCUT2D eigenvalue weighted by atomic mass is 16.6. The second-order valence-corrected chi connectivity index (χ2v) is 8.63. The minimum atomic E-state index is -1.13. The van der Waals surface area contributed by atoms with Crippen LogP contribution in [0, 0.1) is 11.8 Å². The molecule has 9 heteroatoms. The Kier molecular flexibility index (Phi) is 9.97. The Labute approximate surface area is 167 Å². The number of carbonyl (C=O) groups is 4. The van der Waals surface area contributed by atoms with E-state index in [2.05, 4.69) is 16.0 Å². The number of carboxylic acids is 1. The Hall–Kier alpha value is -2.32. The molecule has 0 aromatic heterocycles. The third kappa shape index (κ3) is 10.1. The van der Waals surface area contributed by atoms with E-state index in [0.29, 0.717) is 0 Å². The predicted molar refractivity (Wildman–Crippen MR) is 105 cm³/mol. The van der Waals surface area contributed by atoms with Crippen LogP contribution < -0.4 is 16.0 Å². The molecule has 0 aliphatic rings. The molecule has 0 aromatic carbocycles. The Morgan fingerprint density at radius 2 is 1.43 bits per heavy atom. The summed E-state index contributed by atoms with van der Waals surface area (Å²) in [7, 11) is 0. The van der Waals surface area contributed by atoms with Crippen LogP contribution in [0.1, 0.15) is 61.8 Å². The van der Waals surface area contributed by atoms with Gasteiger partial charge in [0.15, 0.2) is 0 Å². The summed E-state index contributed by atoms with van der Waals surface area (Å²) in [4.78, 5) is 48.1. The summed E-state index contributed by atoms with van der Waals surface area (Å²) in [5.41, 5.74) is -0.705. The summed E-state index contributed by atoms with van der Waals surface area (Å²) in [6.07, 6.45) is -0.472. The number of hydrogen-bond donors (Lipinski definition) is 4. The number of rotatable bonds is 9. The summed E-state index contributed by atoms with van der Waals surface area (Å²) < 4.78 is 5.10. The van der Waals surface area contributed by atoms with Crippen LogP contribution in [0.5, 0.6) is 0 Å². The summed E-state index contributed by atoms with van der Waals surface area (Å²) in [6.45, 7) is 13.7. The maximum atomic E-state index is 12.5. The first kappa shape index (κ1) is 25.7. The molecule has 0 bridgehead atoms. The van der Waals surface area contributed by atoms with Crippen LogP contribution in [0.25, 0.3) is 0 Å². The van der Waals surface area contributed by atoms with Crippen molar-refractivity contribution in [3.8, 4) is 0 Å². The van der Waals surface area contributed by atoms with E-state index in [1.165, 1.54) is 6.92 Å². The first-order valence-electron chi connectivity index (χ1n) is 9.47. The lowest BCUT2D eigenvalue weighted by Gasteiger charge is -2.26. The Morgan fingerprint density at radius 3 is 1.82 bits per heavy atom. The molecule has 0 aliphatic carbocycles. The number of aliphatic carboxylic acids is 1. The molecule has 3 amide bonds. The van der Waals surface area contributed by atoms with Crippen LogP contribution in [0.15, 0.2) is 0 Å². The Bertz CT molecular complexity index is 569. The zero-order valence-electron chi connectivity index (χ0n) is 18.1. The maximum Gasteiger partial charge on any atom is 0.408 e. The highest BCUT2D eigenvalue weighted by Crippen LogP contribution is 2.09. The smallest absolute Gasteiger partial charge is 0.408 e. The van der Waals surface area contributed by atoms with Gasteiger partial charge in [-0.2, -0.15) is 0 Å². The van der Waals surface area contributed by atoms with Gasteiger partial charge in [-0.3, -0.25) is 9.59 Å². The summed E-state index contributed by atoms with van der Waals surface area (Å²) in [5, 5.41) is 16.7. The molecule has 0 rings (SSSR count). The van der Waals surface area contributed by atoms with E-state index in [-0.39, 0.29) is 18.3 Å². The third-order valence-electron chi connectivity index (χ3n) is 3.70. The lowest BCUT2D eigenvalue weighted by Crippen LogP contribution is -2.57. The van der Waals surface area contributed by atoms with Crippen molar-refractivity contribution < 1.29 is 29.0 Å². The van der Waals surface area contributed by atoms with Crippen molar-refractivity contribution in [1.82, 2.24) is 16.0 Å². The van der Waals surface area contributed by atoms with E-state index in [9.17, 15) is 24.3 Å². The fourth-order valence-electron chi connectivity index (χ4n) is 2.32. The normalized spacial score (nSPS) is 14.8. The van der Waals surface area contributed by atoms with Crippen LogP contribution in [-0.2, 0) is 19.1 Å². The number of carbonyl (C=O) groups excluding carboxylic acids is 3. The van der Waals surface area contributed by atoms with E-state index in [4.69, 9.17) is 4.74 Å². The number of nitrogens with one attached hydrogen (secondary N) is 3. The van der Waals surface area contributed by atoms with Crippen LogP contribution in [-0.4, -0.2) is 52.7 Å². The van der Waals surface area contributed by atoms with Gasteiger partial charge in [0.05, 0.1) is 0 Å². The largest absolute Gasteiger partial charge is 0.480 e. The number of carboxylic acid groups (broad SMARTS) is 1. The van der Waals surface area contributed by atoms with Gasteiger partial charge >= 0.3 is 12.1 Å². The zero-order chi connectivity index (χ0) is 22.2. The first-order chi connectivity index (χ1) is 12.6. The van der Waals surface area contributed by atoms with Crippen LogP contribution in [0.2, 0.25) is 0 Å². The quantitative estimate of drug-likeness (QED) is 0.464. The van der Waals surface area contributed by atoms with E-state index < -0.39 is 47.6 Å². The predicted octanol–water partition coefficient (Wildman–Crippen LogP) is 1.66. The van der Waals surface area contributed by atoms with Gasteiger partial charge in [-0.05, 0) is 46.0 Å². The van der Waals surface area contributed by atoms with E-state index in [1.807, 2.05) is 13.8 Å². The third-order valence-corrected chi connectivity index (χ3v) is 3.70. The van der Waals surface area contributed by atoms with E-state index in [1.54, 1.807) is 34.6 Å². The van der Waals surface area contributed by atoms with Crippen molar-refractivity contribution in [2.45, 2.75) is 85.5 Å². The monoisotopic (exact) mass is 401 g/mol. The highest BCUT2D eigenvalue weighted by molar-refractivity contribution is 5.92. The molecular weight excluding hydrogens is 366 g/mol. The van der Waals surface area contributed by atoms with Crippen molar-refractivity contribution in [1.29, 1.82) is 0 Å². The number of ether oxygens (including phenoxy) is 1. The van der Waals surface area contributed by atoms with Gasteiger partial charge in [0.25, 0.3) is 0 Å². The van der Waals surface area contributed by atoms with Crippen molar-refractivity contribution >= 4 is 23.9 Å². The van der Waals surface area contributed by atoms with Gasteiger partial charge in [-0.25, -0.2) is 9.59 Å². The molecule has 0 spiro atoms. The second-order valence-electron chi connectivity index (χ2n) is 8.63. The molecule has 0 saturated heterocycles. The minimum Gasteiger partial charge on any atom is -0.480 e. The molecule has 0 fully saturated rings. The molecule has 0 aromatic rings.